The molecule has 106 valence electrons. The van der Waals surface area contributed by atoms with Crippen molar-refractivity contribution < 1.29 is 4.39 Å². The second-order valence-electron chi connectivity index (χ2n) is 4.44. The maximum absolute atomic E-state index is 13.6. The summed E-state index contributed by atoms with van der Waals surface area (Å²) in [6.07, 6.45) is 2.19. The SMILES string of the molecule is CCNc1ncc(F)c(NCc2ccc(CC)cc2)n1. The molecule has 0 atom stereocenters. The standard InChI is InChI=1S/C15H19FN4/c1-3-11-5-7-12(8-6-11)9-18-14-13(16)10-19-15(20-14)17-4-2/h5-8,10H,3-4,9H2,1-2H3,(H2,17,18,19,20). The largest absolute Gasteiger partial charge is 0.363 e. The number of hydrogen-bond acceptors (Lipinski definition) is 4. The number of hydrogen-bond donors (Lipinski definition) is 2. The molecular weight excluding hydrogens is 255 g/mol. The predicted octanol–water partition coefficient (Wildman–Crippen LogP) is 3.22. The van der Waals surface area contributed by atoms with E-state index >= 15 is 0 Å². The van der Waals surface area contributed by atoms with Crippen LogP contribution in [-0.4, -0.2) is 16.5 Å². The van der Waals surface area contributed by atoms with Crippen molar-refractivity contribution in [3.8, 4) is 0 Å². The fourth-order valence-electron chi connectivity index (χ4n) is 1.81. The minimum absolute atomic E-state index is 0.218. The Morgan fingerprint density at radius 3 is 2.40 bits per heavy atom. The molecule has 1 aromatic heterocycles. The summed E-state index contributed by atoms with van der Waals surface area (Å²) in [7, 11) is 0. The van der Waals surface area contributed by atoms with Crippen LogP contribution in [0.25, 0.3) is 0 Å². The molecule has 0 saturated heterocycles. The van der Waals surface area contributed by atoms with Crippen molar-refractivity contribution >= 4 is 11.8 Å². The summed E-state index contributed by atoms with van der Waals surface area (Å²) >= 11 is 0. The van der Waals surface area contributed by atoms with Gasteiger partial charge in [0.1, 0.15) is 0 Å². The van der Waals surface area contributed by atoms with E-state index in [0.717, 1.165) is 12.0 Å². The van der Waals surface area contributed by atoms with Gasteiger partial charge in [-0.25, -0.2) is 9.37 Å². The molecule has 1 heterocycles. The van der Waals surface area contributed by atoms with E-state index in [1.54, 1.807) is 0 Å². The highest BCUT2D eigenvalue weighted by molar-refractivity contribution is 5.41. The van der Waals surface area contributed by atoms with Crippen LogP contribution < -0.4 is 10.6 Å². The smallest absolute Gasteiger partial charge is 0.224 e. The van der Waals surface area contributed by atoms with Crippen LogP contribution in [0.15, 0.2) is 30.5 Å². The summed E-state index contributed by atoms with van der Waals surface area (Å²) in [5, 5.41) is 5.96. The number of nitrogens with zero attached hydrogens (tertiary/aromatic N) is 2. The lowest BCUT2D eigenvalue weighted by Crippen LogP contribution is -2.08. The first kappa shape index (κ1) is 14.2. The van der Waals surface area contributed by atoms with Crippen molar-refractivity contribution in [1.29, 1.82) is 0 Å². The highest BCUT2D eigenvalue weighted by Crippen LogP contribution is 2.13. The van der Waals surface area contributed by atoms with Gasteiger partial charge < -0.3 is 10.6 Å². The van der Waals surface area contributed by atoms with Crippen LogP contribution in [0.3, 0.4) is 0 Å². The molecule has 0 spiro atoms. The molecule has 0 aliphatic rings. The lowest BCUT2D eigenvalue weighted by molar-refractivity contribution is 0.617. The average Bonchev–Trinajstić information content (AvgIpc) is 2.48. The van der Waals surface area contributed by atoms with Gasteiger partial charge in [-0.15, -0.1) is 0 Å². The zero-order valence-corrected chi connectivity index (χ0v) is 11.8. The van der Waals surface area contributed by atoms with Gasteiger partial charge in [-0.2, -0.15) is 4.98 Å². The van der Waals surface area contributed by atoms with Crippen LogP contribution in [0.4, 0.5) is 16.2 Å². The summed E-state index contributed by atoms with van der Waals surface area (Å²) < 4.78 is 13.6. The molecule has 0 saturated carbocycles. The van der Waals surface area contributed by atoms with Gasteiger partial charge in [0.05, 0.1) is 6.20 Å². The van der Waals surface area contributed by atoms with Crippen molar-refractivity contribution in [2.45, 2.75) is 26.8 Å². The molecule has 5 heteroatoms. The number of anilines is 2. The molecule has 2 rings (SSSR count). The second kappa shape index (κ2) is 6.84. The molecule has 0 aliphatic carbocycles. The van der Waals surface area contributed by atoms with E-state index in [9.17, 15) is 4.39 Å². The lowest BCUT2D eigenvalue weighted by Gasteiger charge is -2.09. The van der Waals surface area contributed by atoms with Gasteiger partial charge in [0.2, 0.25) is 5.95 Å². The molecule has 1 aromatic carbocycles. The third-order valence-electron chi connectivity index (χ3n) is 2.97. The van der Waals surface area contributed by atoms with E-state index in [1.807, 2.05) is 19.1 Å². The molecule has 4 nitrogen and oxygen atoms in total. The Balaban J connectivity index is 2.03. The fraction of sp³-hybridized carbons (Fsp3) is 0.333. The van der Waals surface area contributed by atoms with Gasteiger partial charge in [0.15, 0.2) is 11.6 Å². The van der Waals surface area contributed by atoms with Crippen molar-refractivity contribution in [2.75, 3.05) is 17.2 Å². The van der Waals surface area contributed by atoms with Crippen LogP contribution >= 0.6 is 0 Å². The van der Waals surface area contributed by atoms with Gasteiger partial charge >= 0.3 is 0 Å². The third-order valence-corrected chi connectivity index (χ3v) is 2.97. The number of benzene rings is 1. The maximum Gasteiger partial charge on any atom is 0.224 e. The van der Waals surface area contributed by atoms with Crippen LogP contribution in [0.1, 0.15) is 25.0 Å². The first-order valence-electron chi connectivity index (χ1n) is 6.81. The number of aromatic nitrogens is 2. The Bertz CT molecular complexity index is 554. The van der Waals surface area contributed by atoms with Crippen molar-refractivity contribution in [3.05, 3.63) is 47.4 Å². The monoisotopic (exact) mass is 274 g/mol. The molecule has 20 heavy (non-hydrogen) atoms. The maximum atomic E-state index is 13.6. The Hall–Kier alpha value is -2.17. The van der Waals surface area contributed by atoms with Gasteiger partial charge in [0, 0.05) is 13.1 Å². The molecule has 2 N–H and O–H groups in total. The van der Waals surface area contributed by atoms with Crippen molar-refractivity contribution in [2.24, 2.45) is 0 Å². The van der Waals surface area contributed by atoms with E-state index in [0.29, 0.717) is 19.0 Å². The first-order valence-corrected chi connectivity index (χ1v) is 6.81. The molecular formula is C15H19FN4. The second-order valence-corrected chi connectivity index (χ2v) is 4.44. The van der Waals surface area contributed by atoms with E-state index < -0.39 is 5.82 Å². The van der Waals surface area contributed by atoms with E-state index in [-0.39, 0.29) is 5.82 Å². The molecule has 0 fully saturated rings. The highest BCUT2D eigenvalue weighted by atomic mass is 19.1. The van der Waals surface area contributed by atoms with Crippen molar-refractivity contribution in [1.82, 2.24) is 9.97 Å². The Labute approximate surface area is 118 Å². The first-order chi connectivity index (χ1) is 9.72. The lowest BCUT2D eigenvalue weighted by atomic mass is 10.1. The van der Waals surface area contributed by atoms with Crippen LogP contribution in [0.5, 0.6) is 0 Å². The number of aryl methyl sites for hydroxylation is 1. The zero-order valence-electron chi connectivity index (χ0n) is 11.8. The van der Waals surface area contributed by atoms with E-state index in [4.69, 9.17) is 0 Å². The van der Waals surface area contributed by atoms with Crippen LogP contribution in [-0.2, 0) is 13.0 Å². The van der Waals surface area contributed by atoms with Gasteiger partial charge in [0.25, 0.3) is 0 Å². The summed E-state index contributed by atoms with van der Waals surface area (Å²) in [6, 6.07) is 8.24. The number of halogens is 1. The van der Waals surface area contributed by atoms with Gasteiger partial charge in [-0.1, -0.05) is 31.2 Å². The summed E-state index contributed by atoms with van der Waals surface area (Å²) in [5.74, 6) is 0.199. The fourth-order valence-corrected chi connectivity index (χ4v) is 1.81. The van der Waals surface area contributed by atoms with Gasteiger partial charge in [-0.3, -0.25) is 0 Å². The van der Waals surface area contributed by atoms with E-state index in [2.05, 4.69) is 39.7 Å². The predicted molar refractivity (Wildman–Crippen MR) is 79.3 cm³/mol. The summed E-state index contributed by atoms with van der Waals surface area (Å²) in [5.41, 5.74) is 2.38. The highest BCUT2D eigenvalue weighted by Gasteiger charge is 2.06. The molecule has 0 unspecified atom stereocenters. The molecule has 0 aliphatic heterocycles. The number of rotatable bonds is 6. The van der Waals surface area contributed by atoms with Crippen LogP contribution in [0.2, 0.25) is 0 Å². The molecule has 2 aromatic rings. The molecule has 0 bridgehead atoms. The molecule has 0 radical (unpaired) electrons. The summed E-state index contributed by atoms with van der Waals surface area (Å²) in [6.45, 7) is 5.29. The minimum atomic E-state index is -0.447. The Morgan fingerprint density at radius 2 is 1.75 bits per heavy atom. The molecule has 0 amide bonds. The summed E-state index contributed by atoms with van der Waals surface area (Å²) in [4.78, 5) is 7.97. The average molecular weight is 274 g/mol. The quantitative estimate of drug-likeness (QED) is 0.849. The van der Waals surface area contributed by atoms with E-state index in [1.165, 1.54) is 11.8 Å². The Morgan fingerprint density at radius 1 is 1.05 bits per heavy atom. The number of nitrogens with one attached hydrogen (secondary N) is 2. The topological polar surface area (TPSA) is 49.8 Å². The Kier molecular flexibility index (Phi) is 4.87. The third kappa shape index (κ3) is 3.66. The normalized spacial score (nSPS) is 10.3. The van der Waals surface area contributed by atoms with Crippen LogP contribution in [0, 0.1) is 5.82 Å². The van der Waals surface area contributed by atoms with Gasteiger partial charge in [-0.05, 0) is 24.5 Å². The van der Waals surface area contributed by atoms with Crippen molar-refractivity contribution in [3.63, 3.8) is 0 Å². The zero-order chi connectivity index (χ0) is 14.4. The minimum Gasteiger partial charge on any atom is -0.363 e.